The predicted octanol–water partition coefficient (Wildman–Crippen LogP) is 3.64. The van der Waals surface area contributed by atoms with Gasteiger partial charge in [0.05, 0.1) is 0 Å². The molecule has 2 aliphatic rings. The summed E-state index contributed by atoms with van der Waals surface area (Å²) in [5.74, 6) is 3.45. The van der Waals surface area contributed by atoms with Crippen molar-refractivity contribution in [2.24, 2.45) is 11.8 Å². The van der Waals surface area contributed by atoms with Gasteiger partial charge in [0.1, 0.15) is 5.82 Å². The van der Waals surface area contributed by atoms with E-state index >= 15 is 0 Å². The van der Waals surface area contributed by atoms with Crippen molar-refractivity contribution < 1.29 is 0 Å². The lowest BCUT2D eigenvalue weighted by Gasteiger charge is -2.26. The van der Waals surface area contributed by atoms with Crippen LogP contribution < -0.4 is 0 Å². The van der Waals surface area contributed by atoms with Crippen molar-refractivity contribution in [3.8, 4) is 0 Å². The van der Waals surface area contributed by atoms with Gasteiger partial charge >= 0.3 is 0 Å². The summed E-state index contributed by atoms with van der Waals surface area (Å²) in [6, 6.07) is 0. The van der Waals surface area contributed by atoms with E-state index in [9.17, 15) is 0 Å². The number of rotatable bonds is 3. The third kappa shape index (κ3) is 2.49. The predicted molar refractivity (Wildman–Crippen MR) is 68.1 cm³/mol. The third-order valence-electron chi connectivity index (χ3n) is 4.25. The van der Waals surface area contributed by atoms with Gasteiger partial charge < -0.3 is 4.57 Å². The van der Waals surface area contributed by atoms with E-state index < -0.39 is 0 Å². The molecule has 2 aliphatic carbocycles. The summed E-state index contributed by atoms with van der Waals surface area (Å²) in [6.07, 6.45) is 7.92. The zero-order chi connectivity index (χ0) is 11.8. The Morgan fingerprint density at radius 3 is 2.47 bits per heavy atom. The molecule has 1 heterocycles. The molecule has 3 rings (SSSR count). The quantitative estimate of drug-likeness (QED) is 0.824. The topological polar surface area (TPSA) is 30.7 Å². The van der Waals surface area contributed by atoms with Crippen LogP contribution in [0, 0.1) is 11.8 Å². The van der Waals surface area contributed by atoms with Crippen LogP contribution in [0.3, 0.4) is 0 Å². The Morgan fingerprint density at radius 1 is 1.12 bits per heavy atom. The molecule has 2 fully saturated rings. The van der Waals surface area contributed by atoms with Crippen LogP contribution in [0.4, 0.5) is 0 Å². The van der Waals surface area contributed by atoms with E-state index in [1.807, 2.05) is 0 Å². The van der Waals surface area contributed by atoms with Crippen molar-refractivity contribution >= 4 is 11.6 Å². The third-order valence-corrected chi connectivity index (χ3v) is 4.53. The molecule has 1 aromatic rings. The minimum atomic E-state index is 0.588. The van der Waals surface area contributed by atoms with Crippen LogP contribution in [0.2, 0.25) is 5.28 Å². The number of nitrogens with zero attached hydrogens (tertiary/aromatic N) is 3. The minimum absolute atomic E-state index is 0.588. The summed E-state index contributed by atoms with van der Waals surface area (Å²) < 4.78 is 2.17. The molecular formula is C13H20ClN3. The number of aromatic nitrogens is 3. The fourth-order valence-corrected chi connectivity index (χ4v) is 3.07. The van der Waals surface area contributed by atoms with Gasteiger partial charge in [-0.05, 0) is 49.1 Å². The van der Waals surface area contributed by atoms with Crippen LogP contribution in [-0.2, 0) is 6.54 Å². The summed E-state index contributed by atoms with van der Waals surface area (Å²) >= 11 is 6.15. The smallest absolute Gasteiger partial charge is 0.225 e. The lowest BCUT2D eigenvalue weighted by Crippen LogP contribution is -2.19. The molecule has 94 valence electrons. The fourth-order valence-electron chi connectivity index (χ4n) is 2.88. The molecule has 0 bridgehead atoms. The molecule has 0 unspecified atom stereocenters. The van der Waals surface area contributed by atoms with Crippen molar-refractivity contribution in [2.75, 3.05) is 0 Å². The molecule has 2 saturated carbocycles. The first-order chi connectivity index (χ1) is 8.24. The molecule has 0 spiro atoms. The standard InChI is InChI=1S/C13H20ClN3/c1-9-2-4-10(5-3-9)8-17-12(11-6-7-11)15-16-13(17)14/h9-11H,2-8H2,1H3. The Bertz CT molecular complexity index is 389. The Balaban J connectivity index is 1.69. The molecule has 17 heavy (non-hydrogen) atoms. The van der Waals surface area contributed by atoms with Gasteiger partial charge in [0.2, 0.25) is 5.28 Å². The average molecular weight is 254 g/mol. The molecule has 4 heteroatoms. The lowest BCUT2D eigenvalue weighted by molar-refractivity contribution is 0.263. The SMILES string of the molecule is CC1CCC(Cn2c(Cl)nnc2C2CC2)CC1. The molecule has 0 saturated heterocycles. The highest BCUT2D eigenvalue weighted by molar-refractivity contribution is 6.28. The van der Waals surface area contributed by atoms with Gasteiger partial charge in [0.15, 0.2) is 0 Å². The van der Waals surface area contributed by atoms with E-state index in [1.165, 1.54) is 38.5 Å². The van der Waals surface area contributed by atoms with Crippen molar-refractivity contribution in [3.05, 3.63) is 11.1 Å². The highest BCUT2D eigenvalue weighted by Crippen LogP contribution is 2.40. The van der Waals surface area contributed by atoms with Crippen molar-refractivity contribution in [1.29, 1.82) is 0 Å². The highest BCUT2D eigenvalue weighted by atomic mass is 35.5. The summed E-state index contributed by atoms with van der Waals surface area (Å²) in [6.45, 7) is 3.39. The Kier molecular flexibility index (Phi) is 3.12. The molecule has 0 aliphatic heterocycles. The van der Waals surface area contributed by atoms with Crippen molar-refractivity contribution in [1.82, 2.24) is 14.8 Å². The van der Waals surface area contributed by atoms with Gasteiger partial charge in [-0.25, -0.2) is 0 Å². The van der Waals surface area contributed by atoms with Crippen molar-refractivity contribution in [3.63, 3.8) is 0 Å². The monoisotopic (exact) mass is 253 g/mol. The Hall–Kier alpha value is -0.570. The Labute approximate surface area is 108 Å². The van der Waals surface area contributed by atoms with Gasteiger partial charge in [0, 0.05) is 12.5 Å². The van der Waals surface area contributed by atoms with Gasteiger partial charge in [-0.15, -0.1) is 10.2 Å². The zero-order valence-corrected chi connectivity index (χ0v) is 11.2. The second-order valence-corrected chi connectivity index (χ2v) is 6.18. The molecule has 3 nitrogen and oxygen atoms in total. The van der Waals surface area contributed by atoms with E-state index in [1.54, 1.807) is 0 Å². The number of hydrogen-bond donors (Lipinski definition) is 0. The van der Waals surface area contributed by atoms with E-state index in [4.69, 9.17) is 11.6 Å². The molecule has 0 amide bonds. The van der Waals surface area contributed by atoms with Crippen LogP contribution in [0.1, 0.15) is 57.2 Å². The maximum absolute atomic E-state index is 6.15. The summed E-state index contributed by atoms with van der Waals surface area (Å²) in [5.41, 5.74) is 0. The molecule has 0 radical (unpaired) electrons. The normalized spacial score (nSPS) is 29.5. The van der Waals surface area contributed by atoms with Crippen LogP contribution >= 0.6 is 11.6 Å². The molecule has 1 aromatic heterocycles. The van der Waals surface area contributed by atoms with Crippen molar-refractivity contribution in [2.45, 2.75) is 57.9 Å². The van der Waals surface area contributed by atoms with E-state index in [-0.39, 0.29) is 0 Å². The van der Waals surface area contributed by atoms with Gasteiger partial charge in [-0.2, -0.15) is 0 Å². The summed E-state index contributed by atoms with van der Waals surface area (Å²) in [4.78, 5) is 0. The summed E-state index contributed by atoms with van der Waals surface area (Å²) in [5, 5.41) is 8.86. The van der Waals surface area contributed by atoms with Crippen LogP contribution in [0.25, 0.3) is 0 Å². The fraction of sp³-hybridized carbons (Fsp3) is 0.846. The van der Waals surface area contributed by atoms with Crippen LogP contribution in [-0.4, -0.2) is 14.8 Å². The maximum Gasteiger partial charge on any atom is 0.225 e. The maximum atomic E-state index is 6.15. The second-order valence-electron chi connectivity index (χ2n) is 5.84. The summed E-state index contributed by atoms with van der Waals surface area (Å²) in [7, 11) is 0. The minimum Gasteiger partial charge on any atom is -0.301 e. The second kappa shape index (κ2) is 4.60. The highest BCUT2D eigenvalue weighted by Gasteiger charge is 2.31. The van der Waals surface area contributed by atoms with E-state index in [0.29, 0.717) is 11.2 Å². The first-order valence-electron chi connectivity index (χ1n) is 6.82. The first kappa shape index (κ1) is 11.5. The van der Waals surface area contributed by atoms with Gasteiger partial charge in [-0.3, -0.25) is 0 Å². The first-order valence-corrected chi connectivity index (χ1v) is 7.20. The van der Waals surface area contributed by atoms with Crippen LogP contribution in [0.15, 0.2) is 0 Å². The molecule has 0 aromatic carbocycles. The van der Waals surface area contributed by atoms with E-state index in [2.05, 4.69) is 21.7 Å². The Morgan fingerprint density at radius 2 is 1.82 bits per heavy atom. The molecule has 0 atom stereocenters. The largest absolute Gasteiger partial charge is 0.301 e. The molecular weight excluding hydrogens is 234 g/mol. The number of halogens is 1. The molecule has 0 N–H and O–H groups in total. The van der Waals surface area contributed by atoms with Crippen LogP contribution in [0.5, 0.6) is 0 Å². The van der Waals surface area contributed by atoms with Gasteiger partial charge in [0.25, 0.3) is 0 Å². The lowest BCUT2D eigenvalue weighted by atomic mass is 9.83. The van der Waals surface area contributed by atoms with E-state index in [0.717, 1.165) is 24.2 Å². The zero-order valence-electron chi connectivity index (χ0n) is 10.4. The van der Waals surface area contributed by atoms with Gasteiger partial charge in [-0.1, -0.05) is 19.8 Å². The average Bonchev–Trinajstić information content (AvgIpc) is 3.10. The number of hydrogen-bond acceptors (Lipinski definition) is 2.